The zero-order valence-electron chi connectivity index (χ0n) is 22.0. The molecule has 2 aliphatic carbocycles. The standard InChI is InChI=1S/C30H30N2O4S3/c1-14(2)13-36-19-10-9-15(11-20(19)35-3)21-22-17-12-18(25(22)38-27-26(21)39-30(37)31-27)24-23(17)28(33)32(29(24)34)16-7-5-4-6-8-16/h4-11,14,17-18,21-25H,12-13H2,1-3H3,(H,31,37). The number of ether oxygens (including phenoxy) is 2. The zero-order chi connectivity index (χ0) is 27.0. The van der Waals surface area contributed by atoms with Gasteiger partial charge in [0.15, 0.2) is 15.5 Å². The predicted molar refractivity (Wildman–Crippen MR) is 155 cm³/mol. The number of para-hydroxylation sites is 1. The fourth-order valence-corrected chi connectivity index (χ4v) is 10.8. The SMILES string of the molecule is COc1cc(C2c3sc(=S)[nH]c3SC3C4CC(C5C(=O)N(c6ccccc6)C(=O)C45)C23)ccc1OCC(C)C. The van der Waals surface area contributed by atoms with Crippen molar-refractivity contribution in [2.75, 3.05) is 18.6 Å². The predicted octanol–water partition coefficient (Wildman–Crippen LogP) is 6.53. The van der Waals surface area contributed by atoms with Crippen LogP contribution in [0.5, 0.6) is 11.5 Å². The summed E-state index contributed by atoms with van der Waals surface area (Å²) in [4.78, 5) is 33.7. The Morgan fingerprint density at radius 3 is 2.51 bits per heavy atom. The van der Waals surface area contributed by atoms with Crippen LogP contribution in [0.25, 0.3) is 0 Å². The number of thioether (sulfide) groups is 1. The number of benzene rings is 2. The van der Waals surface area contributed by atoms with Crippen molar-refractivity contribution in [3.63, 3.8) is 0 Å². The lowest BCUT2D eigenvalue weighted by Gasteiger charge is -2.43. The molecule has 9 heteroatoms. The van der Waals surface area contributed by atoms with Gasteiger partial charge in [0.25, 0.3) is 0 Å². The van der Waals surface area contributed by atoms with Crippen LogP contribution in [0, 0.1) is 39.5 Å². The quantitative estimate of drug-likeness (QED) is 0.265. The largest absolute Gasteiger partial charge is 0.493 e. The molecule has 7 rings (SSSR count). The fraction of sp³-hybridized carbons (Fsp3) is 0.433. The highest BCUT2D eigenvalue weighted by Gasteiger charge is 2.69. The van der Waals surface area contributed by atoms with E-state index in [2.05, 4.69) is 31.0 Å². The maximum atomic E-state index is 13.9. The molecule has 7 atom stereocenters. The van der Waals surface area contributed by atoms with Crippen molar-refractivity contribution in [3.05, 3.63) is 62.9 Å². The first-order valence-corrected chi connectivity index (χ1v) is 15.6. The number of nitrogens with zero attached hydrogens (tertiary/aromatic N) is 1. The van der Waals surface area contributed by atoms with Gasteiger partial charge in [-0.15, -0.1) is 23.1 Å². The summed E-state index contributed by atoms with van der Waals surface area (Å²) in [7, 11) is 1.68. The first kappa shape index (κ1) is 25.4. The maximum Gasteiger partial charge on any atom is 0.238 e. The fourth-order valence-electron chi connectivity index (χ4n) is 7.47. The highest BCUT2D eigenvalue weighted by Crippen LogP contribution is 2.69. The molecule has 2 aliphatic heterocycles. The highest BCUT2D eigenvalue weighted by molar-refractivity contribution is 8.00. The van der Waals surface area contributed by atoms with Gasteiger partial charge in [0.2, 0.25) is 11.8 Å². The Bertz CT molecular complexity index is 1520. The van der Waals surface area contributed by atoms with Gasteiger partial charge < -0.3 is 14.5 Å². The van der Waals surface area contributed by atoms with Crippen molar-refractivity contribution in [2.45, 2.75) is 36.5 Å². The summed E-state index contributed by atoms with van der Waals surface area (Å²) >= 11 is 9.06. The average Bonchev–Trinajstić information content (AvgIpc) is 3.66. The number of nitrogens with one attached hydrogen (secondary N) is 1. The second kappa shape index (κ2) is 9.49. The number of carbonyl (C=O) groups excluding carboxylic acids is 2. The van der Waals surface area contributed by atoms with Crippen LogP contribution in [-0.2, 0) is 9.59 Å². The molecular weight excluding hydrogens is 549 g/mol. The number of aromatic amines is 1. The molecule has 3 fully saturated rings. The van der Waals surface area contributed by atoms with E-state index in [1.165, 1.54) is 9.78 Å². The van der Waals surface area contributed by atoms with Gasteiger partial charge in [-0.1, -0.05) is 38.1 Å². The van der Waals surface area contributed by atoms with Crippen molar-refractivity contribution in [3.8, 4) is 11.5 Å². The lowest BCUT2D eigenvalue weighted by molar-refractivity contribution is -0.123. The topological polar surface area (TPSA) is 71.6 Å². The number of rotatable bonds is 6. The average molecular weight is 579 g/mol. The summed E-state index contributed by atoms with van der Waals surface area (Å²) in [6.45, 7) is 4.86. The third-order valence-electron chi connectivity index (χ3n) is 8.86. The summed E-state index contributed by atoms with van der Waals surface area (Å²) in [6, 6.07) is 15.6. The van der Waals surface area contributed by atoms with E-state index in [-0.39, 0.29) is 52.6 Å². The number of carbonyl (C=O) groups is 2. The third-order valence-corrected chi connectivity index (χ3v) is 11.8. The van der Waals surface area contributed by atoms with Crippen LogP contribution in [0.2, 0.25) is 0 Å². The second-order valence-electron chi connectivity index (χ2n) is 11.4. The van der Waals surface area contributed by atoms with E-state index < -0.39 is 0 Å². The van der Waals surface area contributed by atoms with Crippen molar-refractivity contribution in [2.24, 2.45) is 35.5 Å². The molecule has 1 aromatic heterocycles. The number of anilines is 1. The van der Waals surface area contributed by atoms with Crippen molar-refractivity contribution in [1.29, 1.82) is 0 Å². The van der Waals surface area contributed by atoms with Gasteiger partial charge in [0.1, 0.15) is 0 Å². The molecule has 1 N–H and O–H groups in total. The van der Waals surface area contributed by atoms with Gasteiger partial charge in [-0.05, 0) is 72.1 Å². The number of thiazole rings is 1. The summed E-state index contributed by atoms with van der Waals surface area (Å²) in [5, 5.41) is 1.35. The molecule has 2 saturated carbocycles. The summed E-state index contributed by atoms with van der Waals surface area (Å²) in [5.74, 6) is 1.88. The smallest absolute Gasteiger partial charge is 0.238 e. The lowest BCUT2D eigenvalue weighted by Crippen LogP contribution is -2.42. The molecule has 2 bridgehead atoms. The summed E-state index contributed by atoms with van der Waals surface area (Å²) < 4.78 is 12.6. The van der Waals surface area contributed by atoms with Crippen LogP contribution < -0.4 is 14.4 Å². The molecule has 6 nitrogen and oxygen atoms in total. The van der Waals surface area contributed by atoms with Gasteiger partial charge in [0.05, 0.1) is 36.3 Å². The van der Waals surface area contributed by atoms with Crippen LogP contribution in [-0.4, -0.2) is 35.8 Å². The molecule has 3 aromatic rings. The van der Waals surface area contributed by atoms with Gasteiger partial charge in [-0.3, -0.25) is 14.5 Å². The van der Waals surface area contributed by atoms with E-state index in [4.69, 9.17) is 21.7 Å². The minimum Gasteiger partial charge on any atom is -0.493 e. The molecule has 1 saturated heterocycles. The van der Waals surface area contributed by atoms with Crippen LogP contribution in [0.4, 0.5) is 5.69 Å². The van der Waals surface area contributed by atoms with Crippen molar-refractivity contribution in [1.82, 2.24) is 4.98 Å². The number of methoxy groups -OCH3 is 1. The van der Waals surface area contributed by atoms with Crippen LogP contribution in [0.3, 0.4) is 0 Å². The van der Waals surface area contributed by atoms with E-state index >= 15 is 0 Å². The van der Waals surface area contributed by atoms with Crippen LogP contribution in [0.15, 0.2) is 53.6 Å². The molecule has 39 heavy (non-hydrogen) atoms. The summed E-state index contributed by atoms with van der Waals surface area (Å²) in [6.07, 6.45) is 0.913. The van der Waals surface area contributed by atoms with E-state index in [1.54, 1.807) is 18.4 Å². The van der Waals surface area contributed by atoms with E-state index in [1.807, 2.05) is 48.2 Å². The van der Waals surface area contributed by atoms with E-state index in [9.17, 15) is 9.59 Å². The Balaban J connectivity index is 1.29. The second-order valence-corrected chi connectivity index (χ2v) is 14.3. The third kappa shape index (κ3) is 3.84. The minimum atomic E-state index is -0.268. The van der Waals surface area contributed by atoms with Crippen LogP contribution >= 0.6 is 35.3 Å². The Hall–Kier alpha value is -2.62. The number of amides is 2. The van der Waals surface area contributed by atoms with E-state index in [0.717, 1.165) is 26.7 Å². The molecule has 0 radical (unpaired) electrons. The molecule has 4 aliphatic rings. The molecule has 2 amide bonds. The molecule has 3 heterocycles. The molecule has 7 unspecified atom stereocenters. The number of hydrogen-bond acceptors (Lipinski definition) is 7. The van der Waals surface area contributed by atoms with E-state index in [0.29, 0.717) is 24.0 Å². The normalized spacial score (nSPS) is 30.5. The molecule has 2 aromatic carbocycles. The highest BCUT2D eigenvalue weighted by atomic mass is 32.2. The molecule has 202 valence electrons. The Morgan fingerprint density at radius 1 is 1.05 bits per heavy atom. The summed E-state index contributed by atoms with van der Waals surface area (Å²) in [5.41, 5.74) is 1.82. The van der Waals surface area contributed by atoms with Crippen LogP contribution in [0.1, 0.15) is 36.6 Å². The van der Waals surface area contributed by atoms with Gasteiger partial charge in [-0.2, -0.15) is 0 Å². The minimum absolute atomic E-state index is 0.0309. The zero-order valence-corrected chi connectivity index (χ0v) is 24.4. The first-order chi connectivity index (χ1) is 18.9. The molecular formula is C30H30N2O4S3. The number of imide groups is 1. The number of H-pyrrole nitrogens is 1. The van der Waals surface area contributed by atoms with Gasteiger partial charge in [0, 0.05) is 16.0 Å². The van der Waals surface area contributed by atoms with Gasteiger partial charge in [-0.25, -0.2) is 0 Å². The number of aromatic nitrogens is 1. The molecule has 0 spiro atoms. The maximum absolute atomic E-state index is 13.9. The Kier molecular flexibility index (Phi) is 6.17. The Labute approximate surface area is 241 Å². The lowest BCUT2D eigenvalue weighted by atomic mass is 9.68. The Morgan fingerprint density at radius 2 is 1.79 bits per heavy atom. The van der Waals surface area contributed by atoms with Crippen molar-refractivity contribution < 1.29 is 19.1 Å². The first-order valence-electron chi connectivity index (χ1n) is 13.5. The van der Waals surface area contributed by atoms with Gasteiger partial charge >= 0.3 is 0 Å². The number of hydrogen-bond donors (Lipinski definition) is 1. The monoisotopic (exact) mass is 578 g/mol. The number of fused-ring (bicyclic) bond motifs is 9. The van der Waals surface area contributed by atoms with Crippen molar-refractivity contribution >= 4 is 52.8 Å².